The van der Waals surface area contributed by atoms with Crippen LogP contribution in [0.2, 0.25) is 0 Å². The number of halogens is 1. The van der Waals surface area contributed by atoms with E-state index in [0.717, 1.165) is 29.7 Å². The predicted octanol–water partition coefficient (Wildman–Crippen LogP) is 3.89. The molecule has 0 fully saturated rings. The zero-order chi connectivity index (χ0) is 13.9. The van der Waals surface area contributed by atoms with E-state index in [0.29, 0.717) is 6.04 Å². The Morgan fingerprint density at radius 3 is 2.80 bits per heavy atom. The Hall–Kier alpha value is -1.32. The summed E-state index contributed by atoms with van der Waals surface area (Å²) < 4.78 is 6.96. The second-order valence-electron chi connectivity index (χ2n) is 5.11. The smallest absolute Gasteiger partial charge is 0.125 e. The van der Waals surface area contributed by atoms with Crippen molar-refractivity contribution in [2.45, 2.75) is 18.9 Å². The van der Waals surface area contributed by atoms with Crippen LogP contribution < -0.4 is 10.1 Å². The van der Waals surface area contributed by atoms with Crippen LogP contribution in [0.4, 0.5) is 0 Å². The highest BCUT2D eigenvalue weighted by Crippen LogP contribution is 2.35. The second kappa shape index (κ2) is 5.98. The molecule has 2 aromatic carbocycles. The molecule has 0 aliphatic carbocycles. The molecule has 104 valence electrons. The van der Waals surface area contributed by atoms with E-state index in [1.165, 1.54) is 16.7 Å². The maximum Gasteiger partial charge on any atom is 0.125 e. The average Bonchev–Trinajstić information content (AvgIpc) is 2.93. The van der Waals surface area contributed by atoms with Crippen molar-refractivity contribution in [1.29, 1.82) is 0 Å². The highest BCUT2D eigenvalue weighted by Gasteiger charge is 2.20. The van der Waals surface area contributed by atoms with Gasteiger partial charge in [0.1, 0.15) is 5.75 Å². The first-order chi connectivity index (χ1) is 9.78. The molecule has 0 saturated carbocycles. The molecule has 0 bridgehead atoms. The van der Waals surface area contributed by atoms with Gasteiger partial charge in [-0.1, -0.05) is 46.3 Å². The van der Waals surface area contributed by atoms with Gasteiger partial charge in [-0.2, -0.15) is 0 Å². The third kappa shape index (κ3) is 2.74. The van der Waals surface area contributed by atoms with Crippen LogP contribution in [0.15, 0.2) is 46.9 Å². The minimum absolute atomic E-state index is 0.304. The van der Waals surface area contributed by atoms with Gasteiger partial charge in [0.25, 0.3) is 0 Å². The van der Waals surface area contributed by atoms with Crippen LogP contribution in [0.3, 0.4) is 0 Å². The monoisotopic (exact) mass is 331 g/mol. The van der Waals surface area contributed by atoms with Crippen LogP contribution in [0, 0.1) is 0 Å². The van der Waals surface area contributed by atoms with Crippen LogP contribution in [-0.2, 0) is 12.8 Å². The fraction of sp³-hybridized carbons (Fsp3) is 0.294. The summed E-state index contributed by atoms with van der Waals surface area (Å²) in [5, 5.41) is 3.41. The van der Waals surface area contributed by atoms with Gasteiger partial charge in [0.2, 0.25) is 0 Å². The highest BCUT2D eigenvalue weighted by atomic mass is 79.9. The van der Waals surface area contributed by atoms with Crippen LogP contribution in [-0.4, -0.2) is 13.7 Å². The Kier molecular flexibility index (Phi) is 4.08. The maximum absolute atomic E-state index is 5.82. The van der Waals surface area contributed by atoms with Crippen molar-refractivity contribution < 1.29 is 4.74 Å². The molecule has 2 aromatic rings. The van der Waals surface area contributed by atoms with E-state index in [9.17, 15) is 0 Å². The summed E-state index contributed by atoms with van der Waals surface area (Å²) in [7, 11) is 2.01. The van der Waals surface area contributed by atoms with Gasteiger partial charge in [-0.25, -0.2) is 0 Å². The van der Waals surface area contributed by atoms with Gasteiger partial charge >= 0.3 is 0 Å². The minimum Gasteiger partial charge on any atom is -0.493 e. The van der Waals surface area contributed by atoms with Crippen molar-refractivity contribution in [3.8, 4) is 5.75 Å². The molecule has 0 radical (unpaired) electrons. The lowest BCUT2D eigenvalue weighted by Gasteiger charge is -2.18. The van der Waals surface area contributed by atoms with Gasteiger partial charge in [0, 0.05) is 16.9 Å². The Morgan fingerprint density at radius 2 is 2.05 bits per heavy atom. The van der Waals surface area contributed by atoms with Crippen molar-refractivity contribution in [3.63, 3.8) is 0 Å². The van der Waals surface area contributed by atoms with E-state index in [2.05, 4.69) is 63.7 Å². The standard InChI is InChI=1S/C17H18BrNO/c1-19-16(12-5-3-2-4-6-12)11-14-10-15(18)9-13-7-8-20-17(13)14/h2-6,9-10,16,19H,7-8,11H2,1H3. The molecule has 0 amide bonds. The summed E-state index contributed by atoms with van der Waals surface area (Å²) in [5.41, 5.74) is 3.90. The minimum atomic E-state index is 0.304. The van der Waals surface area contributed by atoms with E-state index < -0.39 is 0 Å². The number of likely N-dealkylation sites (N-methyl/N-ethyl adjacent to an activating group) is 1. The third-order valence-electron chi connectivity index (χ3n) is 3.80. The number of hydrogen-bond acceptors (Lipinski definition) is 2. The number of ether oxygens (including phenoxy) is 1. The third-order valence-corrected chi connectivity index (χ3v) is 4.26. The lowest BCUT2D eigenvalue weighted by atomic mass is 9.97. The van der Waals surface area contributed by atoms with Crippen molar-refractivity contribution in [2.75, 3.05) is 13.7 Å². The Morgan fingerprint density at radius 1 is 1.25 bits per heavy atom. The van der Waals surface area contributed by atoms with E-state index in [4.69, 9.17) is 4.74 Å². The Labute approximate surface area is 128 Å². The predicted molar refractivity (Wildman–Crippen MR) is 85.3 cm³/mol. The molecule has 0 saturated heterocycles. The van der Waals surface area contributed by atoms with Crippen molar-refractivity contribution in [1.82, 2.24) is 5.32 Å². The quantitative estimate of drug-likeness (QED) is 0.917. The highest BCUT2D eigenvalue weighted by molar-refractivity contribution is 9.10. The Bertz CT molecular complexity index is 597. The fourth-order valence-corrected chi connectivity index (χ4v) is 3.34. The largest absolute Gasteiger partial charge is 0.493 e. The molecule has 0 spiro atoms. The number of rotatable bonds is 4. The fourth-order valence-electron chi connectivity index (χ4n) is 2.79. The molecule has 1 N–H and O–H groups in total. The van der Waals surface area contributed by atoms with Crippen molar-refractivity contribution >= 4 is 15.9 Å². The molecular weight excluding hydrogens is 314 g/mol. The number of nitrogens with one attached hydrogen (secondary N) is 1. The molecule has 0 aromatic heterocycles. The first kappa shape index (κ1) is 13.7. The lowest BCUT2D eigenvalue weighted by Crippen LogP contribution is -2.19. The summed E-state index contributed by atoms with van der Waals surface area (Å²) in [6.07, 6.45) is 1.94. The molecule has 1 heterocycles. The summed E-state index contributed by atoms with van der Waals surface area (Å²) in [5.74, 6) is 1.09. The van der Waals surface area contributed by atoms with Gasteiger partial charge < -0.3 is 10.1 Å². The first-order valence-electron chi connectivity index (χ1n) is 6.94. The SMILES string of the molecule is CNC(Cc1cc(Br)cc2c1OCC2)c1ccccc1. The Balaban J connectivity index is 1.91. The number of hydrogen-bond donors (Lipinski definition) is 1. The van der Waals surface area contributed by atoms with Crippen LogP contribution in [0.25, 0.3) is 0 Å². The number of benzene rings is 2. The first-order valence-corrected chi connectivity index (χ1v) is 7.73. The molecule has 1 aliphatic heterocycles. The summed E-state index contributed by atoms with van der Waals surface area (Å²) >= 11 is 3.61. The molecule has 3 heteroatoms. The maximum atomic E-state index is 5.82. The van der Waals surface area contributed by atoms with Gasteiger partial charge in [-0.15, -0.1) is 0 Å². The number of fused-ring (bicyclic) bond motifs is 1. The van der Waals surface area contributed by atoms with E-state index >= 15 is 0 Å². The van der Waals surface area contributed by atoms with Gasteiger partial charge in [-0.3, -0.25) is 0 Å². The summed E-state index contributed by atoms with van der Waals surface area (Å²) in [4.78, 5) is 0. The normalized spacial score (nSPS) is 14.7. The molecule has 1 atom stereocenters. The molecule has 1 unspecified atom stereocenters. The molecule has 1 aliphatic rings. The van der Waals surface area contributed by atoms with Crippen LogP contribution in [0.5, 0.6) is 5.75 Å². The molecule has 3 rings (SSSR count). The van der Waals surface area contributed by atoms with E-state index in [-0.39, 0.29) is 0 Å². The molecule has 2 nitrogen and oxygen atoms in total. The zero-order valence-corrected chi connectivity index (χ0v) is 13.1. The van der Waals surface area contributed by atoms with Gasteiger partial charge in [0.15, 0.2) is 0 Å². The second-order valence-corrected chi connectivity index (χ2v) is 6.02. The average molecular weight is 332 g/mol. The molecular formula is C17H18BrNO. The van der Waals surface area contributed by atoms with Crippen LogP contribution in [0.1, 0.15) is 22.7 Å². The topological polar surface area (TPSA) is 21.3 Å². The lowest BCUT2D eigenvalue weighted by molar-refractivity contribution is 0.352. The van der Waals surface area contributed by atoms with Crippen LogP contribution >= 0.6 is 15.9 Å². The van der Waals surface area contributed by atoms with E-state index in [1.54, 1.807) is 0 Å². The molecule has 20 heavy (non-hydrogen) atoms. The van der Waals surface area contributed by atoms with Gasteiger partial charge in [-0.05, 0) is 42.3 Å². The van der Waals surface area contributed by atoms with E-state index in [1.807, 2.05) is 7.05 Å². The summed E-state index contributed by atoms with van der Waals surface area (Å²) in [6, 6.07) is 15.2. The zero-order valence-electron chi connectivity index (χ0n) is 11.5. The van der Waals surface area contributed by atoms with Crippen molar-refractivity contribution in [3.05, 3.63) is 63.6 Å². The van der Waals surface area contributed by atoms with Gasteiger partial charge in [0.05, 0.1) is 6.61 Å². The summed E-state index contributed by atoms with van der Waals surface area (Å²) in [6.45, 7) is 0.800. The van der Waals surface area contributed by atoms with Crippen molar-refractivity contribution in [2.24, 2.45) is 0 Å².